The Balaban J connectivity index is 2.06. The predicted octanol–water partition coefficient (Wildman–Crippen LogP) is 2.65. The Labute approximate surface area is 130 Å². The van der Waals surface area contributed by atoms with Gasteiger partial charge in [-0.15, -0.1) is 5.10 Å². The molecule has 2 aromatic rings. The molecule has 0 amide bonds. The highest BCUT2D eigenvalue weighted by molar-refractivity contribution is 7.80. The number of hydrogen-bond donors (Lipinski definition) is 2. The van der Waals surface area contributed by atoms with E-state index in [4.69, 9.17) is 12.2 Å². The molecule has 0 aliphatic rings. The molecule has 22 heavy (non-hydrogen) atoms. The van der Waals surface area contributed by atoms with Crippen LogP contribution < -0.4 is 10.6 Å². The zero-order chi connectivity index (χ0) is 16.2. The summed E-state index contributed by atoms with van der Waals surface area (Å²) in [5.41, 5.74) is -0.197. The van der Waals surface area contributed by atoms with Gasteiger partial charge in [0.25, 0.3) is 0 Å². The van der Waals surface area contributed by atoms with E-state index in [0.29, 0.717) is 17.2 Å². The molecule has 2 N–H and O–H groups in total. The molecule has 118 valence electrons. The van der Waals surface area contributed by atoms with Gasteiger partial charge in [0.05, 0.1) is 12.1 Å². The minimum Gasteiger partial charge on any atom is -0.363 e. The molecule has 1 aromatic heterocycles. The number of anilines is 1. The van der Waals surface area contributed by atoms with Gasteiger partial charge in [-0.1, -0.05) is 12.1 Å². The van der Waals surface area contributed by atoms with Crippen LogP contribution in [0.25, 0.3) is 0 Å². The lowest BCUT2D eigenvalue weighted by Gasteiger charge is -2.08. The van der Waals surface area contributed by atoms with Gasteiger partial charge in [-0.2, -0.15) is 13.2 Å². The lowest BCUT2D eigenvalue weighted by Crippen LogP contribution is -2.28. The van der Waals surface area contributed by atoms with E-state index in [2.05, 4.69) is 20.7 Å². The maximum Gasteiger partial charge on any atom is 0.416 e. The summed E-state index contributed by atoms with van der Waals surface area (Å²) in [6.07, 6.45) is -2.93. The molecule has 5 nitrogen and oxygen atoms in total. The van der Waals surface area contributed by atoms with Crippen LogP contribution in [-0.4, -0.2) is 26.4 Å². The third-order valence-electron chi connectivity index (χ3n) is 2.70. The quantitative estimate of drug-likeness (QED) is 0.845. The fraction of sp³-hybridized carbons (Fsp3) is 0.308. The summed E-state index contributed by atoms with van der Waals surface area (Å²) < 4.78 is 39.4. The Morgan fingerprint density at radius 1 is 1.36 bits per heavy atom. The standard InChI is InChI=1S/C13H14F3N5S/c1-2-17-12(22)19-11-18-8-21(20-11)7-9-4-3-5-10(6-9)13(14,15)16/h3-6,8H,2,7H2,1H3,(H2,17,19,20,22). The fourth-order valence-corrected chi connectivity index (χ4v) is 2.00. The molecule has 1 heterocycles. The van der Waals surface area contributed by atoms with Gasteiger partial charge in [0.2, 0.25) is 5.95 Å². The van der Waals surface area contributed by atoms with Gasteiger partial charge in [-0.25, -0.2) is 9.67 Å². The zero-order valence-corrected chi connectivity index (χ0v) is 12.5. The molecular weight excluding hydrogens is 315 g/mol. The Morgan fingerprint density at radius 3 is 2.82 bits per heavy atom. The first-order valence-corrected chi connectivity index (χ1v) is 6.89. The Morgan fingerprint density at radius 2 is 2.14 bits per heavy atom. The third kappa shape index (κ3) is 4.42. The summed E-state index contributed by atoms with van der Waals surface area (Å²) in [6, 6.07) is 5.10. The highest BCUT2D eigenvalue weighted by atomic mass is 32.1. The number of alkyl halides is 3. The van der Waals surface area contributed by atoms with E-state index in [-0.39, 0.29) is 12.5 Å². The number of nitrogens with zero attached hydrogens (tertiary/aromatic N) is 3. The molecular formula is C13H14F3N5S. The Bertz CT molecular complexity index is 653. The minimum absolute atomic E-state index is 0.187. The van der Waals surface area contributed by atoms with Crippen LogP contribution in [0.15, 0.2) is 30.6 Å². The average molecular weight is 329 g/mol. The molecule has 0 fully saturated rings. The van der Waals surface area contributed by atoms with Crippen LogP contribution >= 0.6 is 12.2 Å². The van der Waals surface area contributed by atoms with Crippen molar-refractivity contribution in [2.45, 2.75) is 19.6 Å². The maximum absolute atomic E-state index is 12.7. The van der Waals surface area contributed by atoms with E-state index in [1.165, 1.54) is 17.1 Å². The zero-order valence-electron chi connectivity index (χ0n) is 11.7. The van der Waals surface area contributed by atoms with Gasteiger partial charge in [-0.05, 0) is 36.8 Å². The van der Waals surface area contributed by atoms with Crippen molar-refractivity contribution in [1.29, 1.82) is 0 Å². The SMILES string of the molecule is CCNC(=S)Nc1ncn(Cc2cccc(C(F)(F)F)c2)n1. The second-order valence-electron chi connectivity index (χ2n) is 4.45. The van der Waals surface area contributed by atoms with Crippen molar-refractivity contribution < 1.29 is 13.2 Å². The van der Waals surface area contributed by atoms with E-state index in [1.54, 1.807) is 6.07 Å². The second-order valence-corrected chi connectivity index (χ2v) is 4.86. The molecule has 0 aliphatic heterocycles. The first kappa shape index (κ1) is 16.2. The van der Waals surface area contributed by atoms with Crippen LogP contribution in [0.2, 0.25) is 0 Å². The molecule has 0 atom stereocenters. The minimum atomic E-state index is -4.36. The number of halogens is 3. The van der Waals surface area contributed by atoms with Gasteiger partial charge in [0.15, 0.2) is 5.11 Å². The summed E-state index contributed by atoms with van der Waals surface area (Å²) in [4.78, 5) is 4.00. The van der Waals surface area contributed by atoms with E-state index >= 15 is 0 Å². The average Bonchev–Trinajstić information content (AvgIpc) is 2.85. The second kappa shape index (κ2) is 6.73. The van der Waals surface area contributed by atoms with Crippen molar-refractivity contribution in [3.8, 4) is 0 Å². The molecule has 0 radical (unpaired) electrons. The van der Waals surface area contributed by atoms with Crippen molar-refractivity contribution >= 4 is 23.3 Å². The normalized spacial score (nSPS) is 11.3. The molecule has 0 bridgehead atoms. The predicted molar refractivity (Wildman–Crippen MR) is 80.5 cm³/mol. The van der Waals surface area contributed by atoms with Crippen molar-refractivity contribution in [2.75, 3.05) is 11.9 Å². The monoisotopic (exact) mass is 329 g/mol. The van der Waals surface area contributed by atoms with Gasteiger partial charge in [-0.3, -0.25) is 5.32 Å². The lowest BCUT2D eigenvalue weighted by molar-refractivity contribution is -0.137. The Kier molecular flexibility index (Phi) is 4.96. The van der Waals surface area contributed by atoms with Crippen LogP contribution in [0, 0.1) is 0 Å². The van der Waals surface area contributed by atoms with E-state index in [1.807, 2.05) is 6.92 Å². The van der Waals surface area contributed by atoms with Crippen LogP contribution in [0.4, 0.5) is 19.1 Å². The molecule has 9 heteroatoms. The smallest absolute Gasteiger partial charge is 0.363 e. The number of rotatable bonds is 4. The molecule has 0 aliphatic carbocycles. The van der Waals surface area contributed by atoms with Crippen LogP contribution in [0.5, 0.6) is 0 Å². The molecule has 0 saturated carbocycles. The fourth-order valence-electron chi connectivity index (χ4n) is 1.77. The topological polar surface area (TPSA) is 54.8 Å². The largest absolute Gasteiger partial charge is 0.416 e. The summed E-state index contributed by atoms with van der Waals surface area (Å²) >= 11 is 5.00. The number of hydrogen-bond acceptors (Lipinski definition) is 3. The van der Waals surface area contributed by atoms with Crippen molar-refractivity contribution in [3.63, 3.8) is 0 Å². The highest BCUT2D eigenvalue weighted by Crippen LogP contribution is 2.29. The van der Waals surface area contributed by atoms with Crippen molar-refractivity contribution in [3.05, 3.63) is 41.7 Å². The van der Waals surface area contributed by atoms with E-state index in [0.717, 1.165) is 12.1 Å². The first-order valence-electron chi connectivity index (χ1n) is 6.49. The van der Waals surface area contributed by atoms with Gasteiger partial charge in [0, 0.05) is 6.54 Å². The summed E-state index contributed by atoms with van der Waals surface area (Å²) in [7, 11) is 0. The van der Waals surface area contributed by atoms with E-state index < -0.39 is 11.7 Å². The van der Waals surface area contributed by atoms with Crippen LogP contribution in [0.1, 0.15) is 18.1 Å². The summed E-state index contributed by atoms with van der Waals surface area (Å²) in [5.74, 6) is 0.290. The van der Waals surface area contributed by atoms with Gasteiger partial charge < -0.3 is 5.32 Å². The highest BCUT2D eigenvalue weighted by Gasteiger charge is 2.30. The lowest BCUT2D eigenvalue weighted by atomic mass is 10.1. The third-order valence-corrected chi connectivity index (χ3v) is 2.94. The van der Waals surface area contributed by atoms with Gasteiger partial charge in [0.1, 0.15) is 6.33 Å². The molecule has 0 unspecified atom stereocenters. The van der Waals surface area contributed by atoms with Crippen LogP contribution in [-0.2, 0) is 12.7 Å². The van der Waals surface area contributed by atoms with Crippen molar-refractivity contribution in [1.82, 2.24) is 20.1 Å². The van der Waals surface area contributed by atoms with Crippen LogP contribution in [0.3, 0.4) is 0 Å². The number of thiocarbonyl (C=S) groups is 1. The molecule has 0 spiro atoms. The van der Waals surface area contributed by atoms with Gasteiger partial charge >= 0.3 is 6.18 Å². The number of aromatic nitrogens is 3. The summed E-state index contributed by atoms with van der Waals surface area (Å²) in [6.45, 7) is 2.75. The molecule has 1 aromatic carbocycles. The van der Waals surface area contributed by atoms with E-state index in [9.17, 15) is 13.2 Å². The molecule has 2 rings (SSSR count). The maximum atomic E-state index is 12.7. The first-order chi connectivity index (χ1) is 10.4. The number of nitrogens with one attached hydrogen (secondary N) is 2. The number of benzene rings is 1. The molecule has 0 saturated heterocycles. The summed E-state index contributed by atoms with van der Waals surface area (Å²) in [5, 5.41) is 10.2. The van der Waals surface area contributed by atoms with Crippen molar-refractivity contribution in [2.24, 2.45) is 0 Å². The Hall–Kier alpha value is -2.16.